The van der Waals surface area contributed by atoms with E-state index in [0.717, 1.165) is 0 Å². The van der Waals surface area contributed by atoms with Crippen molar-refractivity contribution in [2.45, 2.75) is 6.92 Å². The lowest BCUT2D eigenvalue weighted by molar-refractivity contribution is -0.139. The van der Waals surface area contributed by atoms with E-state index in [0.29, 0.717) is 17.4 Å². The number of para-hydroxylation sites is 1. The summed E-state index contributed by atoms with van der Waals surface area (Å²) in [5.41, 5.74) is 0. The van der Waals surface area contributed by atoms with Gasteiger partial charge >= 0.3 is 5.97 Å². The Kier molecular flexibility index (Phi) is 4.43. The van der Waals surface area contributed by atoms with Crippen LogP contribution < -0.4 is 4.74 Å². The zero-order valence-electron chi connectivity index (χ0n) is 7.83. The van der Waals surface area contributed by atoms with Crippen molar-refractivity contribution >= 4 is 17.6 Å². The van der Waals surface area contributed by atoms with Crippen LogP contribution in [0.1, 0.15) is 6.92 Å². The van der Waals surface area contributed by atoms with Crippen LogP contribution in [-0.4, -0.2) is 19.2 Å². The minimum Gasteiger partial charge on any atom is -0.423 e. The molecule has 0 aliphatic rings. The van der Waals surface area contributed by atoms with E-state index in [1.807, 2.05) is 6.92 Å². The third-order valence-corrected chi connectivity index (χ3v) is 1.80. The molecule has 0 unspecified atom stereocenters. The van der Waals surface area contributed by atoms with Crippen molar-refractivity contribution in [1.82, 2.24) is 0 Å². The molecule has 76 valence electrons. The van der Waals surface area contributed by atoms with Gasteiger partial charge in [0.05, 0.1) is 5.02 Å². The number of esters is 1. The normalized spacial score (nSPS) is 9.86. The van der Waals surface area contributed by atoms with Crippen molar-refractivity contribution in [2.75, 3.05) is 13.2 Å². The Morgan fingerprint density at radius 3 is 2.79 bits per heavy atom. The SMILES string of the molecule is CCOCC(=O)Oc1ccccc1Cl. The van der Waals surface area contributed by atoms with Gasteiger partial charge in [-0.3, -0.25) is 0 Å². The van der Waals surface area contributed by atoms with Crippen LogP contribution in [0.25, 0.3) is 0 Å². The third kappa shape index (κ3) is 3.36. The largest absolute Gasteiger partial charge is 0.423 e. The summed E-state index contributed by atoms with van der Waals surface area (Å²) in [6.45, 7) is 2.24. The van der Waals surface area contributed by atoms with Crippen molar-refractivity contribution in [1.29, 1.82) is 0 Å². The zero-order chi connectivity index (χ0) is 10.4. The van der Waals surface area contributed by atoms with E-state index in [2.05, 4.69) is 0 Å². The monoisotopic (exact) mass is 214 g/mol. The van der Waals surface area contributed by atoms with Crippen LogP contribution >= 0.6 is 11.6 Å². The standard InChI is InChI=1S/C10H11ClO3/c1-2-13-7-10(12)14-9-6-4-3-5-8(9)11/h3-6H,2,7H2,1H3. The summed E-state index contributed by atoms with van der Waals surface area (Å²) in [5, 5.41) is 0.414. The van der Waals surface area contributed by atoms with Gasteiger partial charge in [0.1, 0.15) is 12.4 Å². The van der Waals surface area contributed by atoms with Crippen molar-refractivity contribution in [2.24, 2.45) is 0 Å². The first-order chi connectivity index (χ1) is 6.74. The Morgan fingerprint density at radius 1 is 1.43 bits per heavy atom. The van der Waals surface area contributed by atoms with E-state index in [1.54, 1.807) is 24.3 Å². The summed E-state index contributed by atoms with van der Waals surface area (Å²) in [5.74, 6) is -0.0844. The van der Waals surface area contributed by atoms with Crippen LogP contribution in [0.15, 0.2) is 24.3 Å². The van der Waals surface area contributed by atoms with Crippen molar-refractivity contribution in [3.05, 3.63) is 29.3 Å². The first-order valence-corrected chi connectivity index (χ1v) is 4.64. The predicted octanol–water partition coefficient (Wildman–Crippen LogP) is 2.28. The van der Waals surface area contributed by atoms with Gasteiger partial charge in [-0.25, -0.2) is 4.79 Å². The molecular weight excluding hydrogens is 204 g/mol. The molecule has 0 atom stereocenters. The molecule has 1 aromatic rings. The smallest absolute Gasteiger partial charge is 0.337 e. The molecule has 0 N–H and O–H groups in total. The Labute approximate surface area is 87.6 Å². The lowest BCUT2D eigenvalue weighted by Gasteiger charge is -2.05. The van der Waals surface area contributed by atoms with Gasteiger partial charge in [-0.2, -0.15) is 0 Å². The molecule has 0 heterocycles. The maximum atomic E-state index is 11.1. The molecule has 0 aliphatic heterocycles. The lowest BCUT2D eigenvalue weighted by atomic mass is 10.3. The van der Waals surface area contributed by atoms with E-state index >= 15 is 0 Å². The molecule has 0 amide bonds. The number of rotatable bonds is 4. The fourth-order valence-corrected chi connectivity index (χ4v) is 1.04. The first kappa shape index (κ1) is 11.0. The molecule has 3 nitrogen and oxygen atoms in total. The number of halogens is 1. The van der Waals surface area contributed by atoms with Gasteiger partial charge in [0.25, 0.3) is 0 Å². The quantitative estimate of drug-likeness (QED) is 0.570. The third-order valence-electron chi connectivity index (χ3n) is 1.48. The molecule has 0 saturated carbocycles. The highest BCUT2D eigenvalue weighted by atomic mass is 35.5. The Balaban J connectivity index is 2.52. The van der Waals surface area contributed by atoms with Gasteiger partial charge in [0.2, 0.25) is 0 Å². The average Bonchev–Trinajstić information content (AvgIpc) is 2.18. The molecule has 0 fully saturated rings. The van der Waals surface area contributed by atoms with E-state index in [-0.39, 0.29) is 6.61 Å². The molecule has 0 bridgehead atoms. The Hall–Kier alpha value is -1.06. The first-order valence-electron chi connectivity index (χ1n) is 4.27. The topological polar surface area (TPSA) is 35.5 Å². The van der Waals surface area contributed by atoms with Gasteiger partial charge in [0, 0.05) is 6.61 Å². The number of benzene rings is 1. The second kappa shape index (κ2) is 5.62. The summed E-state index contributed by atoms with van der Waals surface area (Å²) in [4.78, 5) is 11.1. The molecule has 0 radical (unpaired) electrons. The lowest BCUT2D eigenvalue weighted by Crippen LogP contribution is -2.15. The maximum absolute atomic E-state index is 11.1. The predicted molar refractivity (Wildman–Crippen MR) is 53.6 cm³/mol. The molecule has 0 saturated heterocycles. The molecule has 4 heteroatoms. The van der Waals surface area contributed by atoms with E-state index in [9.17, 15) is 4.79 Å². The van der Waals surface area contributed by atoms with Gasteiger partial charge < -0.3 is 9.47 Å². The van der Waals surface area contributed by atoms with Gasteiger partial charge in [-0.15, -0.1) is 0 Å². The fraction of sp³-hybridized carbons (Fsp3) is 0.300. The number of carbonyl (C=O) groups excluding carboxylic acids is 1. The molecule has 0 aliphatic carbocycles. The molecule has 14 heavy (non-hydrogen) atoms. The van der Waals surface area contributed by atoms with E-state index in [1.165, 1.54) is 0 Å². The highest BCUT2D eigenvalue weighted by Gasteiger charge is 2.06. The Bertz CT molecular complexity index is 312. The minimum atomic E-state index is -0.444. The summed E-state index contributed by atoms with van der Waals surface area (Å²) < 4.78 is 9.84. The van der Waals surface area contributed by atoms with Crippen molar-refractivity contribution < 1.29 is 14.3 Å². The van der Waals surface area contributed by atoms with Crippen molar-refractivity contribution in [3.8, 4) is 5.75 Å². The summed E-state index contributed by atoms with van der Waals surface area (Å²) in [6.07, 6.45) is 0. The van der Waals surface area contributed by atoms with Gasteiger partial charge in [-0.05, 0) is 19.1 Å². The molecule has 1 aromatic carbocycles. The van der Waals surface area contributed by atoms with Crippen LogP contribution in [0.4, 0.5) is 0 Å². The Morgan fingerprint density at radius 2 is 2.14 bits per heavy atom. The molecule has 0 spiro atoms. The number of ether oxygens (including phenoxy) is 2. The second-order valence-electron chi connectivity index (χ2n) is 2.54. The minimum absolute atomic E-state index is 0.0538. The summed E-state index contributed by atoms with van der Waals surface area (Å²) >= 11 is 5.78. The highest BCUT2D eigenvalue weighted by molar-refractivity contribution is 6.32. The number of hydrogen-bond acceptors (Lipinski definition) is 3. The summed E-state index contributed by atoms with van der Waals surface area (Å²) in [7, 11) is 0. The van der Waals surface area contributed by atoms with Crippen LogP contribution in [-0.2, 0) is 9.53 Å². The van der Waals surface area contributed by atoms with E-state index < -0.39 is 5.97 Å². The maximum Gasteiger partial charge on any atom is 0.337 e. The van der Waals surface area contributed by atoms with Crippen LogP contribution in [0.3, 0.4) is 0 Å². The van der Waals surface area contributed by atoms with Crippen molar-refractivity contribution in [3.63, 3.8) is 0 Å². The fourth-order valence-electron chi connectivity index (χ4n) is 0.865. The highest BCUT2D eigenvalue weighted by Crippen LogP contribution is 2.22. The average molecular weight is 215 g/mol. The summed E-state index contributed by atoms with van der Waals surface area (Å²) in [6, 6.07) is 6.80. The number of carbonyl (C=O) groups is 1. The van der Waals surface area contributed by atoms with Crippen LogP contribution in [0.5, 0.6) is 5.75 Å². The molecule has 0 aromatic heterocycles. The molecule has 1 rings (SSSR count). The van der Waals surface area contributed by atoms with Gasteiger partial charge in [0.15, 0.2) is 0 Å². The van der Waals surface area contributed by atoms with E-state index in [4.69, 9.17) is 21.1 Å². The zero-order valence-corrected chi connectivity index (χ0v) is 8.58. The second-order valence-corrected chi connectivity index (χ2v) is 2.95. The number of hydrogen-bond donors (Lipinski definition) is 0. The van der Waals surface area contributed by atoms with Crippen LogP contribution in [0, 0.1) is 0 Å². The van der Waals surface area contributed by atoms with Gasteiger partial charge in [-0.1, -0.05) is 23.7 Å². The van der Waals surface area contributed by atoms with Crippen LogP contribution in [0.2, 0.25) is 5.02 Å². The molecular formula is C10H11ClO3.